The van der Waals surface area contributed by atoms with Gasteiger partial charge in [0, 0.05) is 12.4 Å². The summed E-state index contributed by atoms with van der Waals surface area (Å²) >= 11 is 0. The summed E-state index contributed by atoms with van der Waals surface area (Å²) in [6.45, 7) is 6.70. The quantitative estimate of drug-likeness (QED) is 0.640. The van der Waals surface area contributed by atoms with Crippen LogP contribution in [-0.2, 0) is 5.41 Å². The third-order valence-electron chi connectivity index (χ3n) is 3.53. The lowest BCUT2D eigenvalue weighted by molar-refractivity contribution is 0.590. The summed E-state index contributed by atoms with van der Waals surface area (Å²) < 4.78 is 0. The molecule has 3 rings (SSSR count). The maximum Gasteiger partial charge on any atom is 0.0892 e. The first-order valence-electron chi connectivity index (χ1n) is 6.86. The fourth-order valence-corrected chi connectivity index (χ4v) is 2.31. The molecule has 1 aromatic heterocycles. The molecular formula is C18H18N2. The largest absolute Gasteiger partial charge is 0.253 e. The van der Waals surface area contributed by atoms with Gasteiger partial charge in [-0.15, -0.1) is 0 Å². The maximum atomic E-state index is 4.38. The summed E-state index contributed by atoms with van der Waals surface area (Å²) in [6.07, 6.45) is 3.46. The van der Waals surface area contributed by atoms with Crippen LogP contribution in [0.25, 0.3) is 22.2 Å². The van der Waals surface area contributed by atoms with Gasteiger partial charge in [0.25, 0.3) is 0 Å². The SMILES string of the molecule is CC(C)(C)c1cccc(-c2ccc3nccnc3c2)c1. The Balaban J connectivity index is 2.11. The number of nitrogens with zero attached hydrogens (tertiary/aromatic N) is 2. The van der Waals surface area contributed by atoms with Gasteiger partial charge in [-0.05, 0) is 34.2 Å². The number of hydrogen-bond donors (Lipinski definition) is 0. The first kappa shape index (κ1) is 12.8. The van der Waals surface area contributed by atoms with Crippen LogP contribution in [0.2, 0.25) is 0 Å². The summed E-state index contributed by atoms with van der Waals surface area (Å²) in [7, 11) is 0. The summed E-state index contributed by atoms with van der Waals surface area (Å²) in [5.41, 5.74) is 5.78. The fourth-order valence-electron chi connectivity index (χ4n) is 2.31. The Morgan fingerprint density at radius 3 is 2.20 bits per heavy atom. The van der Waals surface area contributed by atoms with Gasteiger partial charge in [-0.25, -0.2) is 0 Å². The van der Waals surface area contributed by atoms with Crippen molar-refractivity contribution >= 4 is 11.0 Å². The van der Waals surface area contributed by atoms with Crippen LogP contribution >= 0.6 is 0 Å². The van der Waals surface area contributed by atoms with E-state index in [1.165, 1.54) is 16.7 Å². The van der Waals surface area contributed by atoms with Gasteiger partial charge in [-0.2, -0.15) is 0 Å². The lowest BCUT2D eigenvalue weighted by Gasteiger charge is -2.19. The molecule has 0 radical (unpaired) electrons. The zero-order valence-electron chi connectivity index (χ0n) is 12.1. The third-order valence-corrected chi connectivity index (χ3v) is 3.53. The summed E-state index contributed by atoms with van der Waals surface area (Å²) in [5, 5.41) is 0. The monoisotopic (exact) mass is 262 g/mol. The molecule has 1 heterocycles. The second-order valence-electron chi connectivity index (χ2n) is 6.09. The molecule has 0 saturated heterocycles. The molecule has 0 spiro atoms. The number of benzene rings is 2. The van der Waals surface area contributed by atoms with E-state index >= 15 is 0 Å². The van der Waals surface area contributed by atoms with Gasteiger partial charge < -0.3 is 0 Å². The molecule has 0 saturated carbocycles. The van der Waals surface area contributed by atoms with E-state index in [2.05, 4.69) is 67.1 Å². The van der Waals surface area contributed by atoms with Crippen molar-refractivity contribution in [1.29, 1.82) is 0 Å². The number of aromatic nitrogens is 2. The average Bonchev–Trinajstić information content (AvgIpc) is 2.46. The lowest BCUT2D eigenvalue weighted by atomic mass is 9.85. The zero-order chi connectivity index (χ0) is 14.2. The molecule has 0 unspecified atom stereocenters. The van der Waals surface area contributed by atoms with Crippen LogP contribution in [0, 0.1) is 0 Å². The van der Waals surface area contributed by atoms with E-state index in [0.717, 1.165) is 11.0 Å². The molecule has 20 heavy (non-hydrogen) atoms. The van der Waals surface area contributed by atoms with E-state index in [9.17, 15) is 0 Å². The first-order chi connectivity index (χ1) is 9.54. The molecule has 0 N–H and O–H groups in total. The van der Waals surface area contributed by atoms with E-state index < -0.39 is 0 Å². The summed E-state index contributed by atoms with van der Waals surface area (Å²) in [4.78, 5) is 8.69. The van der Waals surface area contributed by atoms with Crippen LogP contribution in [0.1, 0.15) is 26.3 Å². The molecule has 3 aromatic rings. The number of fused-ring (bicyclic) bond motifs is 1. The Morgan fingerprint density at radius 2 is 1.45 bits per heavy atom. The number of rotatable bonds is 1. The van der Waals surface area contributed by atoms with E-state index in [-0.39, 0.29) is 5.41 Å². The van der Waals surface area contributed by atoms with Crippen molar-refractivity contribution in [3.05, 3.63) is 60.4 Å². The molecule has 0 aliphatic rings. The van der Waals surface area contributed by atoms with Crippen molar-refractivity contribution in [3.63, 3.8) is 0 Å². The molecule has 0 atom stereocenters. The minimum absolute atomic E-state index is 0.159. The van der Waals surface area contributed by atoms with Crippen LogP contribution in [0.15, 0.2) is 54.9 Å². The van der Waals surface area contributed by atoms with Crippen molar-refractivity contribution in [2.24, 2.45) is 0 Å². The van der Waals surface area contributed by atoms with Gasteiger partial charge in [0.1, 0.15) is 0 Å². The Labute approximate surface area is 119 Å². The normalized spacial score (nSPS) is 11.8. The molecule has 0 amide bonds. The first-order valence-corrected chi connectivity index (χ1v) is 6.86. The van der Waals surface area contributed by atoms with E-state index in [4.69, 9.17) is 0 Å². The van der Waals surface area contributed by atoms with Gasteiger partial charge in [0.15, 0.2) is 0 Å². The van der Waals surface area contributed by atoms with E-state index in [1.807, 2.05) is 6.07 Å². The predicted octanol–water partition coefficient (Wildman–Crippen LogP) is 4.59. The fraction of sp³-hybridized carbons (Fsp3) is 0.222. The minimum atomic E-state index is 0.159. The average molecular weight is 262 g/mol. The highest BCUT2D eigenvalue weighted by molar-refractivity contribution is 5.81. The van der Waals surface area contributed by atoms with Gasteiger partial charge >= 0.3 is 0 Å². The topological polar surface area (TPSA) is 25.8 Å². The maximum absolute atomic E-state index is 4.38. The highest BCUT2D eigenvalue weighted by Crippen LogP contribution is 2.28. The van der Waals surface area contributed by atoms with Crippen LogP contribution in [-0.4, -0.2) is 9.97 Å². The van der Waals surface area contributed by atoms with Crippen LogP contribution in [0.3, 0.4) is 0 Å². The third kappa shape index (κ3) is 2.42. The minimum Gasteiger partial charge on any atom is -0.253 e. The molecule has 2 heteroatoms. The predicted molar refractivity (Wildman–Crippen MR) is 83.7 cm³/mol. The molecule has 0 aliphatic heterocycles. The van der Waals surface area contributed by atoms with Crippen LogP contribution < -0.4 is 0 Å². The molecule has 0 fully saturated rings. The van der Waals surface area contributed by atoms with Crippen LogP contribution in [0.5, 0.6) is 0 Å². The lowest BCUT2D eigenvalue weighted by Crippen LogP contribution is -2.10. The molecule has 0 aliphatic carbocycles. The second kappa shape index (κ2) is 4.71. The van der Waals surface area contributed by atoms with Crippen molar-refractivity contribution in [3.8, 4) is 11.1 Å². The van der Waals surface area contributed by atoms with Crippen molar-refractivity contribution in [2.75, 3.05) is 0 Å². The van der Waals surface area contributed by atoms with Gasteiger partial charge in [0.05, 0.1) is 11.0 Å². The highest BCUT2D eigenvalue weighted by atomic mass is 14.8. The Bertz CT molecular complexity index is 754. The number of hydrogen-bond acceptors (Lipinski definition) is 2. The second-order valence-corrected chi connectivity index (χ2v) is 6.09. The molecule has 2 aromatic carbocycles. The van der Waals surface area contributed by atoms with Gasteiger partial charge in [-0.3, -0.25) is 9.97 Å². The van der Waals surface area contributed by atoms with Crippen molar-refractivity contribution < 1.29 is 0 Å². The molecule has 2 nitrogen and oxygen atoms in total. The summed E-state index contributed by atoms with van der Waals surface area (Å²) in [6, 6.07) is 15.0. The molecular weight excluding hydrogens is 244 g/mol. The Kier molecular flexibility index (Phi) is 3.01. The Morgan fingerprint density at radius 1 is 0.750 bits per heavy atom. The zero-order valence-corrected chi connectivity index (χ0v) is 12.1. The summed E-state index contributed by atoms with van der Waals surface area (Å²) in [5.74, 6) is 0. The van der Waals surface area contributed by atoms with Crippen molar-refractivity contribution in [2.45, 2.75) is 26.2 Å². The molecule has 100 valence electrons. The van der Waals surface area contributed by atoms with E-state index in [1.54, 1.807) is 12.4 Å². The smallest absolute Gasteiger partial charge is 0.0892 e. The molecule has 0 bridgehead atoms. The van der Waals surface area contributed by atoms with Crippen LogP contribution in [0.4, 0.5) is 0 Å². The van der Waals surface area contributed by atoms with Gasteiger partial charge in [0.2, 0.25) is 0 Å². The Hall–Kier alpha value is -2.22. The van der Waals surface area contributed by atoms with Gasteiger partial charge in [-0.1, -0.05) is 51.1 Å². The highest BCUT2D eigenvalue weighted by Gasteiger charge is 2.14. The standard InChI is InChI=1S/C18H18N2/c1-18(2,3)15-6-4-5-13(11-15)14-7-8-16-17(12-14)20-10-9-19-16/h4-12H,1-3H3. The van der Waals surface area contributed by atoms with E-state index in [0.29, 0.717) is 0 Å². The van der Waals surface area contributed by atoms with Crippen molar-refractivity contribution in [1.82, 2.24) is 9.97 Å².